The standard InChI is InChI=1S/C17H26N2O2/c1-18(2)10-6-11-19(3)14-16-13-17(21-4)9-8-15(16)7-5-12-20/h8-9,13,20H,6,10-12,14H2,1-4H3. The first-order valence-corrected chi connectivity index (χ1v) is 7.16. The number of aliphatic hydroxyl groups is 1. The van der Waals surface area contributed by atoms with Gasteiger partial charge in [-0.2, -0.15) is 0 Å². The van der Waals surface area contributed by atoms with Crippen LogP contribution in [0.4, 0.5) is 0 Å². The van der Waals surface area contributed by atoms with Crippen molar-refractivity contribution in [2.24, 2.45) is 0 Å². The minimum Gasteiger partial charge on any atom is -0.497 e. The molecule has 0 unspecified atom stereocenters. The zero-order valence-corrected chi connectivity index (χ0v) is 13.5. The van der Waals surface area contributed by atoms with Crippen molar-refractivity contribution >= 4 is 0 Å². The molecule has 1 aromatic carbocycles. The van der Waals surface area contributed by atoms with Gasteiger partial charge in [-0.25, -0.2) is 0 Å². The summed E-state index contributed by atoms with van der Waals surface area (Å²) in [6.07, 6.45) is 1.13. The number of methoxy groups -OCH3 is 1. The highest BCUT2D eigenvalue weighted by atomic mass is 16.5. The number of hydrogen-bond donors (Lipinski definition) is 1. The number of nitrogens with zero attached hydrogens (tertiary/aromatic N) is 2. The summed E-state index contributed by atoms with van der Waals surface area (Å²) < 4.78 is 5.29. The number of rotatable bonds is 7. The monoisotopic (exact) mass is 290 g/mol. The Hall–Kier alpha value is -1.54. The van der Waals surface area contributed by atoms with Crippen LogP contribution < -0.4 is 4.74 Å². The average molecular weight is 290 g/mol. The Morgan fingerprint density at radius 3 is 2.57 bits per heavy atom. The molecule has 0 saturated carbocycles. The first-order valence-electron chi connectivity index (χ1n) is 7.16. The number of hydrogen-bond acceptors (Lipinski definition) is 4. The first kappa shape index (κ1) is 17.5. The first-order chi connectivity index (χ1) is 10.1. The Balaban J connectivity index is 2.74. The van der Waals surface area contributed by atoms with Gasteiger partial charge in [-0.05, 0) is 64.4 Å². The second-order valence-electron chi connectivity index (χ2n) is 5.38. The molecule has 0 bridgehead atoms. The molecule has 0 aliphatic carbocycles. The average Bonchev–Trinajstić information content (AvgIpc) is 2.45. The minimum absolute atomic E-state index is 0.121. The van der Waals surface area contributed by atoms with Crippen LogP contribution in [0.15, 0.2) is 18.2 Å². The van der Waals surface area contributed by atoms with Crippen molar-refractivity contribution in [3.63, 3.8) is 0 Å². The van der Waals surface area contributed by atoms with E-state index in [4.69, 9.17) is 9.84 Å². The SMILES string of the molecule is COc1ccc(C#CCO)c(CN(C)CCCN(C)C)c1. The van der Waals surface area contributed by atoms with E-state index in [1.807, 2.05) is 18.2 Å². The molecule has 1 N–H and O–H groups in total. The maximum absolute atomic E-state index is 8.86. The third kappa shape index (κ3) is 6.63. The van der Waals surface area contributed by atoms with Crippen LogP contribution in [0.25, 0.3) is 0 Å². The van der Waals surface area contributed by atoms with E-state index < -0.39 is 0 Å². The maximum Gasteiger partial charge on any atom is 0.119 e. The van der Waals surface area contributed by atoms with Crippen molar-refractivity contribution in [2.45, 2.75) is 13.0 Å². The van der Waals surface area contributed by atoms with E-state index in [-0.39, 0.29) is 6.61 Å². The van der Waals surface area contributed by atoms with Crippen molar-refractivity contribution < 1.29 is 9.84 Å². The highest BCUT2D eigenvalue weighted by molar-refractivity contribution is 5.45. The molecule has 0 radical (unpaired) electrons. The van der Waals surface area contributed by atoms with Crippen molar-refractivity contribution in [1.82, 2.24) is 9.80 Å². The third-order valence-corrected chi connectivity index (χ3v) is 3.20. The lowest BCUT2D eigenvalue weighted by Gasteiger charge is -2.19. The van der Waals surface area contributed by atoms with Crippen molar-refractivity contribution in [3.8, 4) is 17.6 Å². The molecule has 4 nitrogen and oxygen atoms in total. The lowest BCUT2D eigenvalue weighted by molar-refractivity contribution is 0.294. The predicted octanol–water partition coefficient (Wildman–Crippen LogP) is 1.42. The Labute approximate surface area is 128 Å². The number of benzene rings is 1. The summed E-state index contributed by atoms with van der Waals surface area (Å²) in [5.41, 5.74) is 2.08. The molecule has 4 heteroatoms. The molecule has 0 atom stereocenters. The van der Waals surface area contributed by atoms with Crippen LogP contribution in [0.5, 0.6) is 5.75 Å². The van der Waals surface area contributed by atoms with Crippen LogP contribution in [0.2, 0.25) is 0 Å². The molecule has 0 heterocycles. The third-order valence-electron chi connectivity index (χ3n) is 3.20. The quantitative estimate of drug-likeness (QED) is 0.771. The highest BCUT2D eigenvalue weighted by Crippen LogP contribution is 2.18. The van der Waals surface area contributed by atoms with Crippen molar-refractivity contribution in [3.05, 3.63) is 29.3 Å². The maximum atomic E-state index is 8.86. The summed E-state index contributed by atoms with van der Waals surface area (Å²) in [4.78, 5) is 4.47. The van der Waals surface area contributed by atoms with Gasteiger partial charge in [0.2, 0.25) is 0 Å². The Bertz CT molecular complexity index is 489. The molecule has 0 aliphatic rings. The van der Waals surface area contributed by atoms with Gasteiger partial charge in [-0.15, -0.1) is 0 Å². The van der Waals surface area contributed by atoms with Gasteiger partial charge in [0.15, 0.2) is 0 Å². The zero-order valence-electron chi connectivity index (χ0n) is 13.5. The molecule has 0 aliphatic heterocycles. The van der Waals surface area contributed by atoms with Crippen LogP contribution >= 0.6 is 0 Å². The molecular weight excluding hydrogens is 264 g/mol. The van der Waals surface area contributed by atoms with E-state index in [1.54, 1.807) is 7.11 Å². The summed E-state index contributed by atoms with van der Waals surface area (Å²) in [7, 11) is 7.95. The minimum atomic E-state index is -0.121. The van der Waals surface area contributed by atoms with E-state index in [9.17, 15) is 0 Å². The van der Waals surface area contributed by atoms with E-state index in [1.165, 1.54) is 0 Å². The Kier molecular flexibility index (Phi) is 7.84. The van der Waals surface area contributed by atoms with Gasteiger partial charge in [-0.3, -0.25) is 0 Å². The van der Waals surface area contributed by atoms with Crippen molar-refractivity contribution in [2.75, 3.05) is 47.9 Å². The smallest absolute Gasteiger partial charge is 0.119 e. The zero-order chi connectivity index (χ0) is 15.7. The molecular formula is C17H26N2O2. The molecule has 0 amide bonds. The lowest BCUT2D eigenvalue weighted by Crippen LogP contribution is -2.23. The van der Waals surface area contributed by atoms with Crippen molar-refractivity contribution in [1.29, 1.82) is 0 Å². The summed E-state index contributed by atoms with van der Waals surface area (Å²) in [6.45, 7) is 2.81. The van der Waals surface area contributed by atoms with E-state index in [2.05, 4.69) is 42.8 Å². The van der Waals surface area contributed by atoms with E-state index in [0.717, 1.165) is 42.9 Å². The van der Waals surface area contributed by atoms with E-state index >= 15 is 0 Å². The Morgan fingerprint density at radius 2 is 1.95 bits per heavy atom. The van der Waals surface area contributed by atoms with Crippen LogP contribution in [-0.2, 0) is 6.54 Å². The van der Waals surface area contributed by atoms with Gasteiger partial charge in [0.1, 0.15) is 12.4 Å². The normalized spacial score (nSPS) is 10.6. The fourth-order valence-corrected chi connectivity index (χ4v) is 2.11. The lowest BCUT2D eigenvalue weighted by atomic mass is 10.1. The van der Waals surface area contributed by atoms with Crippen LogP contribution in [0.1, 0.15) is 17.5 Å². The van der Waals surface area contributed by atoms with Gasteiger partial charge in [-0.1, -0.05) is 11.8 Å². The summed E-state index contributed by atoms with van der Waals surface area (Å²) in [6, 6.07) is 5.87. The molecule has 0 saturated heterocycles. The van der Waals surface area contributed by atoms with Gasteiger partial charge >= 0.3 is 0 Å². The highest BCUT2D eigenvalue weighted by Gasteiger charge is 2.06. The molecule has 0 spiro atoms. The van der Waals surface area contributed by atoms with Gasteiger partial charge in [0.05, 0.1) is 7.11 Å². The molecule has 1 rings (SSSR count). The van der Waals surface area contributed by atoms with E-state index in [0.29, 0.717) is 0 Å². The molecule has 21 heavy (non-hydrogen) atoms. The largest absolute Gasteiger partial charge is 0.497 e. The number of ether oxygens (including phenoxy) is 1. The van der Waals surface area contributed by atoms with Gasteiger partial charge in [0, 0.05) is 12.1 Å². The topological polar surface area (TPSA) is 35.9 Å². The fraction of sp³-hybridized carbons (Fsp3) is 0.529. The summed E-state index contributed by atoms with van der Waals surface area (Å²) in [5.74, 6) is 6.55. The van der Waals surface area contributed by atoms with Crippen LogP contribution in [0.3, 0.4) is 0 Å². The fourth-order valence-electron chi connectivity index (χ4n) is 2.11. The van der Waals surface area contributed by atoms with Crippen LogP contribution in [-0.4, -0.2) is 62.9 Å². The van der Waals surface area contributed by atoms with Crippen LogP contribution in [0, 0.1) is 11.8 Å². The number of aliphatic hydroxyl groups excluding tert-OH is 1. The summed E-state index contributed by atoms with van der Waals surface area (Å²) in [5, 5.41) is 8.86. The Morgan fingerprint density at radius 1 is 1.19 bits per heavy atom. The molecule has 1 aromatic rings. The van der Waals surface area contributed by atoms with Gasteiger partial charge < -0.3 is 19.6 Å². The summed E-state index contributed by atoms with van der Waals surface area (Å²) >= 11 is 0. The van der Waals surface area contributed by atoms with Gasteiger partial charge in [0.25, 0.3) is 0 Å². The second kappa shape index (κ2) is 9.41. The molecule has 0 aromatic heterocycles. The molecule has 116 valence electrons. The molecule has 0 fully saturated rings. The predicted molar refractivity (Wildman–Crippen MR) is 86.5 cm³/mol. The second-order valence-corrected chi connectivity index (χ2v) is 5.38.